The van der Waals surface area contributed by atoms with E-state index in [4.69, 9.17) is 0 Å². The summed E-state index contributed by atoms with van der Waals surface area (Å²) in [5.74, 6) is -0.0914. The summed E-state index contributed by atoms with van der Waals surface area (Å²) in [4.78, 5) is 20.8. The van der Waals surface area contributed by atoms with Gasteiger partial charge in [0, 0.05) is 54.7 Å². The van der Waals surface area contributed by atoms with Crippen molar-refractivity contribution >= 4 is 38.2 Å². The van der Waals surface area contributed by atoms with Gasteiger partial charge < -0.3 is 9.80 Å². The molecule has 0 atom stereocenters. The zero-order valence-corrected chi connectivity index (χ0v) is 24.9. The Morgan fingerprint density at radius 3 is 2.27 bits per heavy atom. The van der Waals surface area contributed by atoms with E-state index < -0.39 is 21.8 Å². The molecule has 1 aliphatic heterocycles. The van der Waals surface area contributed by atoms with Crippen molar-refractivity contribution in [1.29, 1.82) is 0 Å². The van der Waals surface area contributed by atoms with Crippen molar-refractivity contribution in [2.75, 3.05) is 35.8 Å². The standard InChI is InChI=1S/C33H33F3N4O3S/c34-33(35,36)28-22-26(23-6-2-1-3-7-23)13-16-29(28)39-18-20-40(21-19-39)32(41)25-11-14-27(15-12-25)38-44(42,43)30-10-4-8-24-9-5-17-37-31(24)30/h4-5,8-17,22-23,38H,1-3,6-7,18-21H2. The molecule has 11 heteroatoms. The number of rotatable bonds is 6. The molecule has 3 aromatic carbocycles. The molecule has 1 aromatic heterocycles. The van der Waals surface area contributed by atoms with E-state index in [1.807, 2.05) is 6.07 Å². The number of hydrogen-bond acceptors (Lipinski definition) is 5. The van der Waals surface area contributed by atoms with Crippen molar-refractivity contribution in [1.82, 2.24) is 9.88 Å². The lowest BCUT2D eigenvalue weighted by Gasteiger charge is -2.37. The van der Waals surface area contributed by atoms with Gasteiger partial charge >= 0.3 is 6.18 Å². The minimum atomic E-state index is -4.47. The highest BCUT2D eigenvalue weighted by atomic mass is 32.2. The third-order valence-corrected chi connectivity index (χ3v) is 9.99. The van der Waals surface area contributed by atoms with Crippen LogP contribution in [0.2, 0.25) is 0 Å². The Bertz CT molecular complexity index is 1760. The number of nitrogens with zero attached hydrogens (tertiary/aromatic N) is 3. The van der Waals surface area contributed by atoms with Crippen LogP contribution in [0.15, 0.2) is 83.9 Å². The molecule has 1 saturated carbocycles. The number of fused-ring (bicyclic) bond motifs is 1. The maximum absolute atomic E-state index is 14.1. The Balaban J connectivity index is 1.11. The molecule has 2 aliphatic rings. The lowest BCUT2D eigenvalue weighted by atomic mass is 9.83. The molecule has 0 unspecified atom stereocenters. The van der Waals surface area contributed by atoms with Crippen molar-refractivity contribution < 1.29 is 26.4 Å². The van der Waals surface area contributed by atoms with Gasteiger partial charge in [0.2, 0.25) is 0 Å². The highest BCUT2D eigenvalue weighted by Gasteiger charge is 2.37. The van der Waals surface area contributed by atoms with E-state index in [1.165, 1.54) is 30.5 Å². The number of piperazine rings is 1. The normalized spacial score (nSPS) is 16.7. The Labute approximate surface area is 254 Å². The van der Waals surface area contributed by atoms with Gasteiger partial charge in [-0.3, -0.25) is 14.5 Å². The predicted molar refractivity (Wildman–Crippen MR) is 164 cm³/mol. The van der Waals surface area contributed by atoms with Crippen LogP contribution >= 0.6 is 0 Å². The van der Waals surface area contributed by atoms with E-state index in [2.05, 4.69) is 9.71 Å². The first-order valence-electron chi connectivity index (χ1n) is 14.8. The molecule has 6 rings (SSSR count). The maximum Gasteiger partial charge on any atom is 0.418 e. The highest BCUT2D eigenvalue weighted by Crippen LogP contribution is 2.41. The fourth-order valence-electron chi connectivity index (χ4n) is 6.26. The van der Waals surface area contributed by atoms with Gasteiger partial charge in [0.15, 0.2) is 0 Å². The van der Waals surface area contributed by atoms with Gasteiger partial charge in [-0.25, -0.2) is 8.42 Å². The summed E-state index contributed by atoms with van der Waals surface area (Å²) in [6.07, 6.45) is 2.13. The molecule has 230 valence electrons. The minimum absolute atomic E-state index is 0.0472. The number of carbonyl (C=O) groups excluding carboxylic acids is 1. The van der Waals surface area contributed by atoms with Gasteiger partial charge in [-0.1, -0.05) is 43.5 Å². The first-order chi connectivity index (χ1) is 21.1. The number of aromatic nitrogens is 1. The summed E-state index contributed by atoms with van der Waals surface area (Å²) in [5, 5.41) is 0.697. The maximum atomic E-state index is 14.1. The summed E-state index contributed by atoms with van der Waals surface area (Å²) in [6, 6.07) is 19.3. The number of amides is 1. The van der Waals surface area contributed by atoms with E-state index in [1.54, 1.807) is 52.3 Å². The Morgan fingerprint density at radius 2 is 1.57 bits per heavy atom. The molecular weight excluding hydrogens is 589 g/mol. The number of sulfonamides is 1. The molecule has 0 bridgehead atoms. The zero-order chi connectivity index (χ0) is 30.9. The third kappa shape index (κ3) is 6.24. The minimum Gasteiger partial charge on any atom is -0.367 e. The van der Waals surface area contributed by atoms with Crippen LogP contribution in [-0.2, 0) is 16.2 Å². The Morgan fingerprint density at radius 1 is 0.864 bits per heavy atom. The topological polar surface area (TPSA) is 82.6 Å². The first-order valence-corrected chi connectivity index (χ1v) is 16.3. The molecule has 0 radical (unpaired) electrons. The predicted octanol–water partition coefficient (Wildman–Crippen LogP) is 7.06. The fourth-order valence-corrected chi connectivity index (χ4v) is 7.50. The number of alkyl halides is 3. The van der Waals surface area contributed by atoms with Crippen LogP contribution in [0, 0.1) is 0 Å². The lowest BCUT2D eigenvalue weighted by molar-refractivity contribution is -0.137. The first kappa shape index (κ1) is 29.9. The third-order valence-electron chi connectivity index (χ3n) is 8.58. The second-order valence-electron chi connectivity index (χ2n) is 11.4. The second kappa shape index (κ2) is 12.1. The van der Waals surface area contributed by atoms with Crippen molar-refractivity contribution in [3.63, 3.8) is 0 Å². The molecule has 1 aliphatic carbocycles. The number of halogens is 3. The van der Waals surface area contributed by atoms with Gasteiger partial charge in [0.25, 0.3) is 15.9 Å². The van der Waals surface area contributed by atoms with Gasteiger partial charge in [-0.15, -0.1) is 0 Å². The largest absolute Gasteiger partial charge is 0.418 e. The summed E-state index contributed by atoms with van der Waals surface area (Å²) >= 11 is 0. The fraction of sp³-hybridized carbons (Fsp3) is 0.333. The van der Waals surface area contributed by atoms with Crippen LogP contribution in [0.4, 0.5) is 24.5 Å². The number of hydrogen-bond donors (Lipinski definition) is 1. The Hall–Kier alpha value is -4.12. The quantitative estimate of drug-likeness (QED) is 0.249. The molecule has 7 nitrogen and oxygen atoms in total. The van der Waals surface area contributed by atoms with Gasteiger partial charge in [0.05, 0.1) is 11.1 Å². The van der Waals surface area contributed by atoms with Gasteiger partial charge in [0.1, 0.15) is 4.90 Å². The summed E-state index contributed by atoms with van der Waals surface area (Å²) < 4.78 is 71.2. The number of anilines is 2. The van der Waals surface area contributed by atoms with Crippen LogP contribution in [0.1, 0.15) is 59.5 Å². The van der Waals surface area contributed by atoms with Crippen molar-refractivity contribution in [2.24, 2.45) is 0 Å². The zero-order valence-electron chi connectivity index (χ0n) is 24.1. The monoisotopic (exact) mass is 622 g/mol. The van der Waals surface area contributed by atoms with E-state index in [0.717, 1.165) is 37.7 Å². The van der Waals surface area contributed by atoms with E-state index in [-0.39, 0.29) is 54.3 Å². The number of para-hydroxylation sites is 1. The molecule has 1 amide bonds. The highest BCUT2D eigenvalue weighted by molar-refractivity contribution is 7.93. The summed E-state index contributed by atoms with van der Waals surface area (Å²) in [5.41, 5.74) is 1.31. The molecule has 0 spiro atoms. The number of nitrogens with one attached hydrogen (secondary N) is 1. The van der Waals surface area contributed by atoms with E-state index >= 15 is 0 Å². The SMILES string of the molecule is O=C(c1ccc(NS(=O)(=O)c2cccc3cccnc23)cc1)N1CCN(c2ccc(C3CCCCC3)cc2C(F)(F)F)CC1. The molecule has 4 aromatic rings. The molecule has 1 N–H and O–H groups in total. The average Bonchev–Trinajstić information content (AvgIpc) is 3.04. The second-order valence-corrected chi connectivity index (χ2v) is 13.1. The van der Waals surface area contributed by atoms with Crippen LogP contribution < -0.4 is 9.62 Å². The van der Waals surface area contributed by atoms with Crippen LogP contribution in [-0.4, -0.2) is 50.4 Å². The molecule has 44 heavy (non-hydrogen) atoms. The van der Waals surface area contributed by atoms with Crippen molar-refractivity contribution in [2.45, 2.75) is 49.1 Å². The molecule has 1 saturated heterocycles. The summed E-state index contributed by atoms with van der Waals surface area (Å²) in [6.45, 7) is 1.08. The molecular formula is C33H33F3N4O3S. The molecule has 2 heterocycles. The smallest absolute Gasteiger partial charge is 0.367 e. The van der Waals surface area contributed by atoms with Crippen LogP contribution in [0.3, 0.4) is 0 Å². The number of pyridine rings is 1. The van der Waals surface area contributed by atoms with Crippen LogP contribution in [0.5, 0.6) is 0 Å². The van der Waals surface area contributed by atoms with E-state index in [0.29, 0.717) is 16.5 Å². The summed E-state index contributed by atoms with van der Waals surface area (Å²) in [7, 11) is -3.94. The van der Waals surface area contributed by atoms with E-state index in [9.17, 15) is 26.4 Å². The molecule has 2 fully saturated rings. The van der Waals surface area contributed by atoms with Gasteiger partial charge in [-0.05, 0) is 72.9 Å². The van der Waals surface area contributed by atoms with Crippen molar-refractivity contribution in [3.05, 3.63) is 95.7 Å². The lowest BCUT2D eigenvalue weighted by Crippen LogP contribution is -2.49. The van der Waals surface area contributed by atoms with Crippen molar-refractivity contribution in [3.8, 4) is 0 Å². The van der Waals surface area contributed by atoms with Gasteiger partial charge in [-0.2, -0.15) is 13.2 Å². The Kier molecular flexibility index (Phi) is 8.24. The number of benzene rings is 3. The number of carbonyl (C=O) groups is 1. The average molecular weight is 623 g/mol. The van der Waals surface area contributed by atoms with Crippen LogP contribution in [0.25, 0.3) is 10.9 Å².